The number of carbonyl (C=O) groups excluding carboxylic acids is 1. The third-order valence-corrected chi connectivity index (χ3v) is 5.24. The summed E-state index contributed by atoms with van der Waals surface area (Å²) in [4.78, 5) is 17.8. The number of nitrogens with two attached hydrogens (primary N) is 1. The summed E-state index contributed by atoms with van der Waals surface area (Å²) in [6.07, 6.45) is 4.41. The predicted molar refractivity (Wildman–Crippen MR) is 97.6 cm³/mol. The lowest BCUT2D eigenvalue weighted by Gasteiger charge is -2.44. The van der Waals surface area contributed by atoms with Crippen LogP contribution >= 0.6 is 0 Å². The highest BCUT2D eigenvalue weighted by Crippen LogP contribution is 2.52. The van der Waals surface area contributed by atoms with E-state index in [4.69, 9.17) is 10.5 Å². The molecule has 8 heteroatoms. The minimum absolute atomic E-state index is 0.0473. The van der Waals surface area contributed by atoms with Gasteiger partial charge < -0.3 is 15.4 Å². The van der Waals surface area contributed by atoms with Gasteiger partial charge in [0.25, 0.3) is 0 Å². The number of hydrogen-bond donors (Lipinski definition) is 1. The summed E-state index contributed by atoms with van der Waals surface area (Å²) in [5, 5.41) is 29.5. The zero-order valence-electron chi connectivity index (χ0n) is 15.3. The van der Waals surface area contributed by atoms with Gasteiger partial charge in [-0.15, -0.1) is 0 Å². The molecule has 1 aromatic rings. The molecule has 0 saturated heterocycles. The summed E-state index contributed by atoms with van der Waals surface area (Å²) in [5.74, 6) is -0.951. The number of fused-ring (bicyclic) bond motifs is 1. The highest BCUT2D eigenvalue weighted by molar-refractivity contribution is 5.69. The lowest BCUT2D eigenvalue weighted by Crippen LogP contribution is -2.48. The first-order valence-corrected chi connectivity index (χ1v) is 8.78. The van der Waals surface area contributed by atoms with E-state index in [0.717, 1.165) is 5.56 Å². The maximum absolute atomic E-state index is 12.3. The van der Waals surface area contributed by atoms with Crippen molar-refractivity contribution in [3.05, 3.63) is 53.0 Å². The molecule has 0 radical (unpaired) electrons. The van der Waals surface area contributed by atoms with Crippen LogP contribution in [0.5, 0.6) is 0 Å². The molecule has 0 spiro atoms. The third kappa shape index (κ3) is 2.74. The lowest BCUT2D eigenvalue weighted by molar-refractivity contribution is 0.102. The Bertz CT molecular complexity index is 963. The fourth-order valence-electron chi connectivity index (χ4n) is 3.95. The van der Waals surface area contributed by atoms with E-state index in [1.807, 2.05) is 12.1 Å². The van der Waals surface area contributed by atoms with Crippen molar-refractivity contribution in [3.63, 3.8) is 0 Å². The Morgan fingerprint density at radius 3 is 2.61 bits per heavy atom. The minimum atomic E-state index is -1.72. The summed E-state index contributed by atoms with van der Waals surface area (Å²) < 4.78 is 5.10. The van der Waals surface area contributed by atoms with Crippen molar-refractivity contribution in [1.82, 2.24) is 9.88 Å². The number of aromatic nitrogens is 1. The van der Waals surface area contributed by atoms with Crippen LogP contribution in [0.1, 0.15) is 18.4 Å². The molecule has 1 amide bonds. The molecule has 0 bridgehead atoms. The van der Waals surface area contributed by atoms with Gasteiger partial charge in [-0.3, -0.25) is 4.98 Å². The molecule has 2 heterocycles. The Morgan fingerprint density at radius 2 is 2.04 bits per heavy atom. The molecule has 1 aliphatic carbocycles. The van der Waals surface area contributed by atoms with Crippen LogP contribution < -0.4 is 5.73 Å². The average Bonchev–Trinajstić information content (AvgIpc) is 2.74. The van der Waals surface area contributed by atoms with Gasteiger partial charge in [-0.25, -0.2) is 4.79 Å². The van der Waals surface area contributed by atoms with E-state index in [0.29, 0.717) is 5.57 Å². The first-order valence-electron chi connectivity index (χ1n) is 8.78. The van der Waals surface area contributed by atoms with Gasteiger partial charge in [0.1, 0.15) is 0 Å². The van der Waals surface area contributed by atoms with Crippen molar-refractivity contribution >= 4 is 6.09 Å². The van der Waals surface area contributed by atoms with Gasteiger partial charge in [0, 0.05) is 37.3 Å². The van der Waals surface area contributed by atoms with Crippen LogP contribution in [0.3, 0.4) is 0 Å². The summed E-state index contributed by atoms with van der Waals surface area (Å²) in [5.41, 5.74) is 5.92. The van der Waals surface area contributed by atoms with Crippen molar-refractivity contribution in [2.75, 3.05) is 19.7 Å². The van der Waals surface area contributed by atoms with Crippen LogP contribution in [0, 0.1) is 45.3 Å². The number of amides is 1. The van der Waals surface area contributed by atoms with Crippen molar-refractivity contribution in [3.8, 4) is 18.2 Å². The molecule has 140 valence electrons. The van der Waals surface area contributed by atoms with Crippen molar-refractivity contribution in [2.45, 2.75) is 12.8 Å². The average molecular weight is 374 g/mol. The number of nitriles is 3. The highest BCUT2D eigenvalue weighted by Gasteiger charge is 2.53. The molecule has 0 fully saturated rings. The standard InChI is InChI=1S/C20H18N6O2/c1-2-28-19(27)26-8-5-16-15(10-26)17(13-3-6-25-7-4-13)14(9-21)18(24)20(16,11-22)12-23/h3-7,15,17H,2,8,10,24H2,1H3/t15-,17-/m1/s1. The summed E-state index contributed by atoms with van der Waals surface area (Å²) in [6, 6.07) is 9.65. The maximum atomic E-state index is 12.3. The minimum Gasteiger partial charge on any atom is -0.450 e. The summed E-state index contributed by atoms with van der Waals surface area (Å²) >= 11 is 0. The second-order valence-electron chi connectivity index (χ2n) is 6.54. The van der Waals surface area contributed by atoms with E-state index in [2.05, 4.69) is 11.1 Å². The smallest absolute Gasteiger partial charge is 0.410 e. The van der Waals surface area contributed by atoms with E-state index in [1.54, 1.807) is 37.5 Å². The molecule has 2 atom stereocenters. The van der Waals surface area contributed by atoms with E-state index in [1.165, 1.54) is 4.90 Å². The fraction of sp³-hybridized carbons (Fsp3) is 0.350. The number of allylic oxidation sites excluding steroid dienone is 2. The van der Waals surface area contributed by atoms with Gasteiger partial charge in [0.05, 0.1) is 36.1 Å². The Labute approximate surface area is 162 Å². The Balaban J connectivity index is 2.21. The number of ether oxygens (including phenoxy) is 1. The molecule has 1 aliphatic heterocycles. The van der Waals surface area contributed by atoms with Crippen LogP contribution in [0.25, 0.3) is 0 Å². The lowest BCUT2D eigenvalue weighted by atomic mass is 9.60. The second-order valence-corrected chi connectivity index (χ2v) is 6.54. The van der Waals surface area contributed by atoms with E-state index in [9.17, 15) is 20.6 Å². The van der Waals surface area contributed by atoms with Gasteiger partial charge >= 0.3 is 6.09 Å². The molecule has 2 N–H and O–H groups in total. The van der Waals surface area contributed by atoms with E-state index >= 15 is 0 Å². The molecule has 0 unspecified atom stereocenters. The quantitative estimate of drug-likeness (QED) is 0.780. The molecular formula is C20H18N6O2. The van der Waals surface area contributed by atoms with Crippen molar-refractivity contribution < 1.29 is 9.53 Å². The second kappa shape index (κ2) is 7.42. The van der Waals surface area contributed by atoms with Crippen LogP contribution in [-0.2, 0) is 4.74 Å². The Kier molecular flexibility index (Phi) is 5.02. The molecular weight excluding hydrogens is 356 g/mol. The zero-order chi connectivity index (χ0) is 20.3. The number of carbonyl (C=O) groups is 1. The highest BCUT2D eigenvalue weighted by atomic mass is 16.6. The number of pyridine rings is 1. The molecule has 1 aromatic heterocycles. The zero-order valence-corrected chi connectivity index (χ0v) is 15.3. The van der Waals surface area contributed by atoms with Crippen LogP contribution in [0.2, 0.25) is 0 Å². The summed E-state index contributed by atoms with van der Waals surface area (Å²) in [6.45, 7) is 2.37. The molecule has 3 rings (SSSR count). The van der Waals surface area contributed by atoms with Gasteiger partial charge in [-0.05, 0) is 30.2 Å². The monoisotopic (exact) mass is 374 g/mol. The van der Waals surface area contributed by atoms with Crippen LogP contribution in [-0.4, -0.2) is 35.7 Å². The molecule has 0 saturated carbocycles. The van der Waals surface area contributed by atoms with Crippen LogP contribution in [0.15, 0.2) is 47.4 Å². The van der Waals surface area contributed by atoms with Gasteiger partial charge in [0.2, 0.25) is 5.41 Å². The Morgan fingerprint density at radius 1 is 1.36 bits per heavy atom. The molecule has 0 aromatic carbocycles. The van der Waals surface area contributed by atoms with Crippen molar-refractivity contribution in [2.24, 2.45) is 17.1 Å². The number of rotatable bonds is 2. The third-order valence-electron chi connectivity index (χ3n) is 5.24. The molecule has 8 nitrogen and oxygen atoms in total. The van der Waals surface area contributed by atoms with Gasteiger partial charge in [-0.1, -0.05) is 6.08 Å². The fourth-order valence-corrected chi connectivity index (χ4v) is 3.95. The largest absolute Gasteiger partial charge is 0.450 e. The topological polar surface area (TPSA) is 140 Å². The van der Waals surface area contributed by atoms with Crippen LogP contribution in [0.4, 0.5) is 4.79 Å². The molecule has 28 heavy (non-hydrogen) atoms. The summed E-state index contributed by atoms with van der Waals surface area (Å²) in [7, 11) is 0. The predicted octanol–water partition coefficient (Wildman–Crippen LogP) is 1.96. The SMILES string of the molecule is CCOC(=O)N1CC=C2[C@@H](C1)[C@H](c1ccncc1)C(C#N)=C(N)C2(C#N)C#N. The normalized spacial score (nSPS) is 22.8. The van der Waals surface area contributed by atoms with Gasteiger partial charge in [0.15, 0.2) is 0 Å². The maximum Gasteiger partial charge on any atom is 0.410 e. The number of nitrogens with zero attached hydrogens (tertiary/aromatic N) is 5. The van der Waals surface area contributed by atoms with Gasteiger partial charge in [-0.2, -0.15) is 15.8 Å². The van der Waals surface area contributed by atoms with E-state index in [-0.39, 0.29) is 31.0 Å². The Hall–Kier alpha value is -3.83. The van der Waals surface area contributed by atoms with Crippen molar-refractivity contribution in [1.29, 1.82) is 15.8 Å². The van der Waals surface area contributed by atoms with E-state index < -0.39 is 23.3 Å². The first kappa shape index (κ1) is 18.9. The first-order chi connectivity index (χ1) is 13.5. The molecule has 2 aliphatic rings. The number of hydrogen-bond acceptors (Lipinski definition) is 7.